The third kappa shape index (κ3) is 4.45. The van der Waals surface area contributed by atoms with E-state index in [0.29, 0.717) is 5.69 Å². The number of carbonyl (C=O) groups is 1. The lowest BCUT2D eigenvalue weighted by atomic mass is 10.3. The van der Waals surface area contributed by atoms with Gasteiger partial charge in [-0.3, -0.25) is 9.52 Å². The summed E-state index contributed by atoms with van der Waals surface area (Å²) in [5, 5.41) is 0. The summed E-state index contributed by atoms with van der Waals surface area (Å²) in [6, 6.07) is 11.5. The van der Waals surface area contributed by atoms with Crippen LogP contribution in [0, 0.1) is 5.82 Å². The Bertz CT molecular complexity index is 823. The summed E-state index contributed by atoms with van der Waals surface area (Å²) in [6.07, 6.45) is 0. The highest BCUT2D eigenvalue weighted by Crippen LogP contribution is 2.23. The molecule has 0 aliphatic rings. The Kier molecular flexibility index (Phi) is 5.40. The van der Waals surface area contributed by atoms with E-state index in [1.54, 1.807) is 44.4 Å². The number of anilines is 1. The van der Waals surface area contributed by atoms with Gasteiger partial charge < -0.3 is 9.64 Å². The van der Waals surface area contributed by atoms with Crippen LogP contribution in [0.3, 0.4) is 0 Å². The Morgan fingerprint density at radius 1 is 1.17 bits per heavy atom. The van der Waals surface area contributed by atoms with Crippen molar-refractivity contribution in [1.82, 2.24) is 4.90 Å². The largest absolute Gasteiger partial charge is 0.481 e. The molecule has 0 bridgehead atoms. The molecule has 2 rings (SSSR count). The van der Waals surface area contributed by atoms with E-state index < -0.39 is 15.8 Å². The lowest BCUT2D eigenvalue weighted by Gasteiger charge is -2.13. The fourth-order valence-electron chi connectivity index (χ4n) is 1.75. The number of carbonyl (C=O) groups excluding carboxylic acids is 1. The third-order valence-electron chi connectivity index (χ3n) is 3.09. The van der Waals surface area contributed by atoms with E-state index in [2.05, 4.69) is 4.72 Å². The van der Waals surface area contributed by atoms with Gasteiger partial charge >= 0.3 is 0 Å². The van der Waals surface area contributed by atoms with Gasteiger partial charge in [0.2, 0.25) is 0 Å². The van der Waals surface area contributed by atoms with Crippen molar-refractivity contribution in [2.75, 3.05) is 25.4 Å². The van der Waals surface area contributed by atoms with Gasteiger partial charge in [0.05, 0.1) is 4.90 Å². The number of sulfonamides is 1. The summed E-state index contributed by atoms with van der Waals surface area (Å²) in [7, 11) is -0.821. The molecule has 0 aliphatic heterocycles. The van der Waals surface area contributed by atoms with Crippen LogP contribution in [-0.2, 0) is 14.8 Å². The molecule has 0 saturated heterocycles. The first kappa shape index (κ1) is 17.7. The van der Waals surface area contributed by atoms with Gasteiger partial charge in [-0.15, -0.1) is 0 Å². The molecule has 1 amide bonds. The van der Waals surface area contributed by atoms with Gasteiger partial charge in [0.1, 0.15) is 0 Å². The van der Waals surface area contributed by atoms with Crippen molar-refractivity contribution in [3.05, 3.63) is 54.3 Å². The van der Waals surface area contributed by atoms with Crippen LogP contribution in [0.25, 0.3) is 0 Å². The Morgan fingerprint density at radius 2 is 1.83 bits per heavy atom. The first-order chi connectivity index (χ1) is 11.3. The lowest BCUT2D eigenvalue weighted by molar-refractivity contribution is -0.130. The van der Waals surface area contributed by atoms with E-state index in [-0.39, 0.29) is 23.2 Å². The molecule has 0 unspecified atom stereocenters. The van der Waals surface area contributed by atoms with Gasteiger partial charge in [-0.2, -0.15) is 0 Å². The molecule has 128 valence electrons. The fraction of sp³-hybridized carbons (Fsp3) is 0.188. The molecule has 0 spiro atoms. The molecule has 2 aromatic carbocycles. The van der Waals surface area contributed by atoms with Crippen molar-refractivity contribution in [2.45, 2.75) is 4.90 Å². The molecule has 8 heteroatoms. The SMILES string of the molecule is CN(C)C(=O)COc1ccc(S(=O)(=O)Nc2ccccc2)cc1F. The molecule has 0 heterocycles. The number of likely N-dealkylation sites (N-methyl/N-ethyl adjacent to an activating group) is 1. The van der Waals surface area contributed by atoms with Crippen LogP contribution in [0.4, 0.5) is 10.1 Å². The summed E-state index contributed by atoms with van der Waals surface area (Å²) >= 11 is 0. The van der Waals surface area contributed by atoms with E-state index in [4.69, 9.17) is 4.74 Å². The molecule has 1 N–H and O–H groups in total. The maximum atomic E-state index is 14.0. The number of hydrogen-bond acceptors (Lipinski definition) is 4. The highest BCUT2D eigenvalue weighted by Gasteiger charge is 2.17. The topological polar surface area (TPSA) is 75.7 Å². The minimum Gasteiger partial charge on any atom is -0.481 e. The van der Waals surface area contributed by atoms with Gasteiger partial charge in [0.15, 0.2) is 18.2 Å². The number of nitrogens with one attached hydrogen (secondary N) is 1. The van der Waals surface area contributed by atoms with Gasteiger partial charge in [-0.1, -0.05) is 18.2 Å². The predicted octanol–water partition coefficient (Wildman–Crippen LogP) is 2.09. The van der Waals surface area contributed by atoms with E-state index >= 15 is 0 Å². The number of ether oxygens (including phenoxy) is 1. The van der Waals surface area contributed by atoms with Gasteiger partial charge in [0.25, 0.3) is 15.9 Å². The van der Waals surface area contributed by atoms with Crippen LogP contribution in [-0.4, -0.2) is 39.9 Å². The zero-order chi connectivity index (χ0) is 17.7. The number of halogens is 1. The molecule has 0 atom stereocenters. The number of rotatable bonds is 6. The second kappa shape index (κ2) is 7.31. The zero-order valence-corrected chi connectivity index (χ0v) is 14.0. The molecule has 0 aromatic heterocycles. The predicted molar refractivity (Wildman–Crippen MR) is 87.8 cm³/mol. The Labute approximate surface area is 139 Å². The summed E-state index contributed by atoms with van der Waals surface area (Å²) in [4.78, 5) is 12.5. The van der Waals surface area contributed by atoms with Crippen molar-refractivity contribution in [3.8, 4) is 5.75 Å². The molecule has 24 heavy (non-hydrogen) atoms. The summed E-state index contributed by atoms with van der Waals surface area (Å²) < 4.78 is 45.9. The van der Waals surface area contributed by atoms with Crippen LogP contribution in [0.5, 0.6) is 5.75 Å². The summed E-state index contributed by atoms with van der Waals surface area (Å²) in [6.45, 7) is -0.335. The average molecular weight is 352 g/mol. The number of benzene rings is 2. The van der Waals surface area contributed by atoms with E-state index in [0.717, 1.165) is 6.07 Å². The van der Waals surface area contributed by atoms with E-state index in [9.17, 15) is 17.6 Å². The van der Waals surface area contributed by atoms with Gasteiger partial charge in [-0.25, -0.2) is 12.8 Å². The van der Waals surface area contributed by atoms with Crippen LogP contribution >= 0.6 is 0 Å². The molecule has 0 fully saturated rings. The highest BCUT2D eigenvalue weighted by molar-refractivity contribution is 7.92. The van der Waals surface area contributed by atoms with Gasteiger partial charge in [0, 0.05) is 19.8 Å². The lowest BCUT2D eigenvalue weighted by Crippen LogP contribution is -2.27. The molecule has 0 aliphatic carbocycles. The summed E-state index contributed by atoms with van der Waals surface area (Å²) in [5.74, 6) is -1.39. The van der Waals surface area contributed by atoms with Crippen LogP contribution in [0.2, 0.25) is 0 Å². The smallest absolute Gasteiger partial charge is 0.262 e. The van der Waals surface area contributed by atoms with Crippen molar-refractivity contribution in [1.29, 1.82) is 0 Å². The van der Waals surface area contributed by atoms with Crippen molar-refractivity contribution in [3.63, 3.8) is 0 Å². The first-order valence-corrected chi connectivity index (χ1v) is 8.48. The molecule has 0 radical (unpaired) electrons. The first-order valence-electron chi connectivity index (χ1n) is 7.00. The second-order valence-corrected chi connectivity index (χ2v) is 6.82. The van der Waals surface area contributed by atoms with Crippen molar-refractivity contribution >= 4 is 21.6 Å². The third-order valence-corrected chi connectivity index (χ3v) is 4.47. The minimum absolute atomic E-state index is 0.191. The average Bonchev–Trinajstić information content (AvgIpc) is 2.53. The number of para-hydroxylation sites is 1. The molecule has 2 aromatic rings. The molecule has 0 saturated carbocycles. The zero-order valence-electron chi connectivity index (χ0n) is 13.2. The number of hydrogen-bond donors (Lipinski definition) is 1. The Hall–Kier alpha value is -2.61. The van der Waals surface area contributed by atoms with Crippen molar-refractivity contribution in [2.24, 2.45) is 0 Å². The normalized spacial score (nSPS) is 11.0. The maximum absolute atomic E-state index is 14.0. The second-order valence-electron chi connectivity index (χ2n) is 5.14. The monoisotopic (exact) mass is 352 g/mol. The maximum Gasteiger partial charge on any atom is 0.262 e. The Morgan fingerprint density at radius 3 is 2.42 bits per heavy atom. The quantitative estimate of drug-likeness (QED) is 0.864. The van der Waals surface area contributed by atoms with Gasteiger partial charge in [-0.05, 0) is 30.3 Å². The fourth-order valence-corrected chi connectivity index (χ4v) is 2.82. The van der Waals surface area contributed by atoms with Crippen molar-refractivity contribution < 1.29 is 22.3 Å². The minimum atomic E-state index is -3.92. The standard InChI is InChI=1S/C16H17FN2O4S/c1-19(2)16(20)11-23-15-9-8-13(10-14(15)17)24(21,22)18-12-6-4-3-5-7-12/h3-10,18H,11H2,1-2H3. The number of nitrogens with zero attached hydrogens (tertiary/aromatic N) is 1. The van der Waals surface area contributed by atoms with Crippen LogP contribution in [0.1, 0.15) is 0 Å². The van der Waals surface area contributed by atoms with Crippen LogP contribution in [0.15, 0.2) is 53.4 Å². The number of amides is 1. The summed E-state index contributed by atoms with van der Waals surface area (Å²) in [5.41, 5.74) is 0.370. The molecular formula is C16H17FN2O4S. The molecule has 6 nitrogen and oxygen atoms in total. The Balaban J connectivity index is 2.15. The van der Waals surface area contributed by atoms with E-state index in [1.165, 1.54) is 17.0 Å². The molecular weight excluding hydrogens is 335 g/mol. The van der Waals surface area contributed by atoms with E-state index in [1.807, 2.05) is 0 Å². The van der Waals surface area contributed by atoms with Crippen LogP contribution < -0.4 is 9.46 Å². The highest BCUT2D eigenvalue weighted by atomic mass is 32.2.